The van der Waals surface area contributed by atoms with Crippen LogP contribution in [0.4, 0.5) is 10.1 Å². The third-order valence-corrected chi connectivity index (χ3v) is 1.63. The van der Waals surface area contributed by atoms with E-state index in [0.29, 0.717) is 5.69 Å². The number of carbonyl (C=O) groups is 1. The molecule has 0 unspecified atom stereocenters. The van der Waals surface area contributed by atoms with Crippen molar-refractivity contribution in [3.63, 3.8) is 0 Å². The first-order chi connectivity index (χ1) is 6.09. The van der Waals surface area contributed by atoms with Crippen LogP contribution in [-0.4, -0.2) is 17.6 Å². The number of hydrogen-bond donors (Lipinski definition) is 2. The zero-order chi connectivity index (χ0) is 9.84. The van der Waals surface area contributed by atoms with Crippen LogP contribution in [0.3, 0.4) is 0 Å². The summed E-state index contributed by atoms with van der Waals surface area (Å²) in [5.41, 5.74) is 1.34. The number of anilines is 1. The molecule has 2 N–H and O–H groups in total. The first kappa shape index (κ1) is 9.51. The quantitative estimate of drug-likeness (QED) is 0.748. The number of aliphatic carboxylic acids is 1. The summed E-state index contributed by atoms with van der Waals surface area (Å²) in [7, 11) is 0. The maximum atomic E-state index is 12.7. The van der Waals surface area contributed by atoms with Crippen molar-refractivity contribution in [2.45, 2.75) is 6.92 Å². The fourth-order valence-electron chi connectivity index (χ4n) is 0.956. The second kappa shape index (κ2) is 3.89. The first-order valence-corrected chi connectivity index (χ1v) is 3.81. The maximum Gasteiger partial charge on any atom is 0.322 e. The fraction of sp³-hybridized carbons (Fsp3) is 0.222. The van der Waals surface area contributed by atoms with Gasteiger partial charge in [-0.3, -0.25) is 4.79 Å². The largest absolute Gasteiger partial charge is 0.480 e. The number of rotatable bonds is 3. The van der Waals surface area contributed by atoms with Gasteiger partial charge in [0.2, 0.25) is 0 Å². The summed E-state index contributed by atoms with van der Waals surface area (Å²) in [5.74, 6) is -1.35. The summed E-state index contributed by atoms with van der Waals surface area (Å²) in [6.07, 6.45) is 0. The number of halogens is 1. The molecule has 0 aliphatic carbocycles. The van der Waals surface area contributed by atoms with Crippen LogP contribution in [0, 0.1) is 12.7 Å². The van der Waals surface area contributed by atoms with Gasteiger partial charge in [0.15, 0.2) is 0 Å². The molecule has 1 aromatic carbocycles. The van der Waals surface area contributed by atoms with Crippen LogP contribution < -0.4 is 5.32 Å². The monoisotopic (exact) mass is 183 g/mol. The molecule has 0 aliphatic heterocycles. The maximum absolute atomic E-state index is 12.7. The Labute approximate surface area is 75.2 Å². The molecule has 4 heteroatoms. The van der Waals surface area contributed by atoms with Gasteiger partial charge in [-0.2, -0.15) is 0 Å². The molecular weight excluding hydrogens is 173 g/mol. The van der Waals surface area contributed by atoms with Gasteiger partial charge in [-0.05, 0) is 24.6 Å². The second-order valence-corrected chi connectivity index (χ2v) is 2.71. The molecule has 1 aromatic rings. The van der Waals surface area contributed by atoms with E-state index < -0.39 is 5.97 Å². The first-order valence-electron chi connectivity index (χ1n) is 3.81. The van der Waals surface area contributed by atoms with Crippen molar-refractivity contribution in [2.24, 2.45) is 0 Å². The standard InChI is InChI=1S/C9H10FNO2/c1-6-2-3-7(10)4-8(6)11-5-9(12)13/h2-4,11H,5H2,1H3,(H,12,13). The molecule has 0 aliphatic rings. The Balaban J connectivity index is 2.75. The lowest BCUT2D eigenvalue weighted by molar-refractivity contribution is -0.134. The summed E-state index contributed by atoms with van der Waals surface area (Å²) < 4.78 is 12.7. The second-order valence-electron chi connectivity index (χ2n) is 2.71. The SMILES string of the molecule is Cc1ccc(F)cc1NCC(=O)O. The van der Waals surface area contributed by atoms with Gasteiger partial charge in [-0.1, -0.05) is 6.07 Å². The molecule has 3 nitrogen and oxygen atoms in total. The van der Waals surface area contributed by atoms with Crippen LogP contribution in [0.15, 0.2) is 18.2 Å². The van der Waals surface area contributed by atoms with E-state index in [1.54, 1.807) is 13.0 Å². The molecule has 0 bridgehead atoms. The lowest BCUT2D eigenvalue weighted by atomic mass is 10.2. The third-order valence-electron chi connectivity index (χ3n) is 1.63. The Morgan fingerprint density at radius 1 is 1.62 bits per heavy atom. The number of carboxylic acid groups (broad SMARTS) is 1. The van der Waals surface area contributed by atoms with Crippen LogP contribution in [0.5, 0.6) is 0 Å². The molecule has 0 amide bonds. The van der Waals surface area contributed by atoms with Gasteiger partial charge >= 0.3 is 5.97 Å². The molecule has 0 heterocycles. The number of aryl methyl sites for hydroxylation is 1. The van der Waals surface area contributed by atoms with Crippen LogP contribution in [0.1, 0.15) is 5.56 Å². The molecule has 0 radical (unpaired) electrons. The smallest absolute Gasteiger partial charge is 0.322 e. The van der Waals surface area contributed by atoms with E-state index in [1.807, 2.05) is 0 Å². The van der Waals surface area contributed by atoms with Crippen molar-refractivity contribution in [2.75, 3.05) is 11.9 Å². The molecule has 0 saturated heterocycles. The molecule has 0 saturated carbocycles. The Kier molecular flexibility index (Phi) is 2.84. The van der Waals surface area contributed by atoms with Crippen molar-refractivity contribution >= 4 is 11.7 Å². The molecule has 0 spiro atoms. The summed E-state index contributed by atoms with van der Waals surface area (Å²) in [5, 5.41) is 11.0. The van der Waals surface area contributed by atoms with Gasteiger partial charge in [0.05, 0.1) is 0 Å². The van der Waals surface area contributed by atoms with Crippen molar-refractivity contribution in [3.8, 4) is 0 Å². The summed E-state index contributed by atoms with van der Waals surface area (Å²) in [6, 6.07) is 4.21. The highest BCUT2D eigenvalue weighted by Gasteiger charge is 2.01. The molecule has 70 valence electrons. The number of carboxylic acids is 1. The van der Waals surface area contributed by atoms with E-state index in [2.05, 4.69) is 5.32 Å². The van der Waals surface area contributed by atoms with Crippen LogP contribution in [-0.2, 0) is 4.79 Å². The summed E-state index contributed by atoms with van der Waals surface area (Å²) in [4.78, 5) is 10.2. The van der Waals surface area contributed by atoms with Crippen LogP contribution in [0.2, 0.25) is 0 Å². The minimum Gasteiger partial charge on any atom is -0.480 e. The molecule has 0 fully saturated rings. The average molecular weight is 183 g/mol. The summed E-state index contributed by atoms with van der Waals surface area (Å²) in [6.45, 7) is 1.58. The number of benzene rings is 1. The fourth-order valence-corrected chi connectivity index (χ4v) is 0.956. The number of nitrogens with one attached hydrogen (secondary N) is 1. The zero-order valence-electron chi connectivity index (χ0n) is 7.17. The summed E-state index contributed by atoms with van der Waals surface area (Å²) >= 11 is 0. The zero-order valence-corrected chi connectivity index (χ0v) is 7.17. The number of hydrogen-bond acceptors (Lipinski definition) is 2. The van der Waals surface area contributed by atoms with Gasteiger partial charge in [-0.15, -0.1) is 0 Å². The molecule has 13 heavy (non-hydrogen) atoms. The Morgan fingerprint density at radius 2 is 2.31 bits per heavy atom. The van der Waals surface area contributed by atoms with E-state index >= 15 is 0 Å². The van der Waals surface area contributed by atoms with Crippen LogP contribution >= 0.6 is 0 Å². The van der Waals surface area contributed by atoms with Gasteiger partial charge in [0, 0.05) is 5.69 Å². The van der Waals surface area contributed by atoms with E-state index in [0.717, 1.165) is 5.56 Å². The average Bonchev–Trinajstić information content (AvgIpc) is 2.06. The van der Waals surface area contributed by atoms with Gasteiger partial charge in [-0.25, -0.2) is 4.39 Å². The Bertz CT molecular complexity index is 325. The van der Waals surface area contributed by atoms with Crippen molar-refractivity contribution in [1.29, 1.82) is 0 Å². The Morgan fingerprint density at radius 3 is 2.92 bits per heavy atom. The van der Waals surface area contributed by atoms with E-state index in [9.17, 15) is 9.18 Å². The highest BCUT2D eigenvalue weighted by molar-refractivity contribution is 5.73. The van der Waals surface area contributed by atoms with E-state index in [4.69, 9.17) is 5.11 Å². The van der Waals surface area contributed by atoms with Crippen LogP contribution in [0.25, 0.3) is 0 Å². The molecule has 0 atom stereocenters. The van der Waals surface area contributed by atoms with Crippen molar-refractivity contribution in [1.82, 2.24) is 0 Å². The van der Waals surface area contributed by atoms with Crippen molar-refractivity contribution < 1.29 is 14.3 Å². The minimum absolute atomic E-state index is 0.204. The normalized spacial score (nSPS) is 9.69. The van der Waals surface area contributed by atoms with E-state index in [-0.39, 0.29) is 12.4 Å². The van der Waals surface area contributed by atoms with E-state index in [1.165, 1.54) is 12.1 Å². The third kappa shape index (κ3) is 2.74. The van der Waals surface area contributed by atoms with Gasteiger partial charge in [0.25, 0.3) is 0 Å². The van der Waals surface area contributed by atoms with Gasteiger partial charge in [0.1, 0.15) is 12.4 Å². The van der Waals surface area contributed by atoms with Gasteiger partial charge < -0.3 is 10.4 Å². The predicted molar refractivity (Wildman–Crippen MR) is 47.3 cm³/mol. The lowest BCUT2D eigenvalue weighted by Gasteiger charge is -2.06. The molecular formula is C9H10FNO2. The molecule has 1 rings (SSSR count). The highest BCUT2D eigenvalue weighted by Crippen LogP contribution is 2.15. The lowest BCUT2D eigenvalue weighted by Crippen LogP contribution is -2.13. The predicted octanol–water partition coefficient (Wildman–Crippen LogP) is 1.63. The topological polar surface area (TPSA) is 49.3 Å². The Hall–Kier alpha value is -1.58. The minimum atomic E-state index is -0.969. The highest BCUT2D eigenvalue weighted by atomic mass is 19.1. The molecule has 0 aromatic heterocycles. The van der Waals surface area contributed by atoms with Crippen molar-refractivity contribution in [3.05, 3.63) is 29.6 Å².